The molecule has 1 fully saturated rings. The van der Waals surface area contributed by atoms with Crippen LogP contribution in [-0.2, 0) is 4.74 Å². The van der Waals surface area contributed by atoms with Crippen LogP contribution in [0.25, 0.3) is 0 Å². The van der Waals surface area contributed by atoms with Crippen molar-refractivity contribution in [2.45, 2.75) is 46.1 Å². The second-order valence-electron chi connectivity index (χ2n) is 5.50. The summed E-state index contributed by atoms with van der Waals surface area (Å²) < 4.78 is 5.70. The maximum absolute atomic E-state index is 5.70. The number of ether oxygens (including phenoxy) is 1. The summed E-state index contributed by atoms with van der Waals surface area (Å²) in [5.41, 5.74) is 0. The van der Waals surface area contributed by atoms with Gasteiger partial charge in [0.1, 0.15) is 0 Å². The summed E-state index contributed by atoms with van der Waals surface area (Å²) in [6.07, 6.45) is 3.81. The number of aliphatic imine (C=N–C) groups is 1. The molecule has 0 unspecified atom stereocenters. The number of likely N-dealkylation sites (tertiary alicyclic amines) is 1. The highest BCUT2D eigenvalue weighted by Crippen LogP contribution is 2.13. The maximum atomic E-state index is 5.70. The highest BCUT2D eigenvalue weighted by Gasteiger charge is 2.21. The first-order valence-corrected chi connectivity index (χ1v) is 8.54. The molecule has 0 saturated carbocycles. The SMILES string of the molecule is CCOC1CCN(C(=NC)NCCCN(CC)CC)CC1. The van der Waals surface area contributed by atoms with E-state index in [0.29, 0.717) is 6.10 Å². The zero-order valence-electron chi connectivity index (χ0n) is 14.4. The van der Waals surface area contributed by atoms with Gasteiger partial charge in [-0.05, 0) is 45.8 Å². The lowest BCUT2D eigenvalue weighted by molar-refractivity contribution is 0.0264. The van der Waals surface area contributed by atoms with Crippen molar-refractivity contribution in [2.75, 3.05) is 52.9 Å². The van der Waals surface area contributed by atoms with E-state index in [-0.39, 0.29) is 0 Å². The van der Waals surface area contributed by atoms with Gasteiger partial charge in [-0.25, -0.2) is 0 Å². The molecule has 5 heteroatoms. The first kappa shape index (κ1) is 18.2. The van der Waals surface area contributed by atoms with Crippen LogP contribution in [0.15, 0.2) is 4.99 Å². The summed E-state index contributed by atoms with van der Waals surface area (Å²) in [5, 5.41) is 3.50. The van der Waals surface area contributed by atoms with Gasteiger partial charge >= 0.3 is 0 Å². The molecule has 0 aromatic carbocycles. The van der Waals surface area contributed by atoms with Crippen molar-refractivity contribution in [1.82, 2.24) is 15.1 Å². The summed E-state index contributed by atoms with van der Waals surface area (Å²) in [6, 6.07) is 0. The van der Waals surface area contributed by atoms with Crippen LogP contribution in [-0.4, -0.2) is 74.8 Å². The molecule has 21 heavy (non-hydrogen) atoms. The molecule has 1 aliphatic rings. The first-order chi connectivity index (χ1) is 10.2. The average Bonchev–Trinajstić information content (AvgIpc) is 2.52. The van der Waals surface area contributed by atoms with Gasteiger partial charge < -0.3 is 19.9 Å². The molecule has 1 rings (SSSR count). The van der Waals surface area contributed by atoms with Gasteiger partial charge in [0.2, 0.25) is 0 Å². The quantitative estimate of drug-likeness (QED) is 0.421. The molecule has 1 aliphatic heterocycles. The Hall–Kier alpha value is -0.810. The number of guanidine groups is 1. The molecule has 0 aromatic rings. The zero-order valence-corrected chi connectivity index (χ0v) is 14.4. The van der Waals surface area contributed by atoms with Crippen molar-refractivity contribution in [3.8, 4) is 0 Å². The number of nitrogens with zero attached hydrogens (tertiary/aromatic N) is 3. The van der Waals surface area contributed by atoms with Gasteiger partial charge in [0, 0.05) is 33.3 Å². The molecule has 1 saturated heterocycles. The topological polar surface area (TPSA) is 40.1 Å². The highest BCUT2D eigenvalue weighted by atomic mass is 16.5. The van der Waals surface area contributed by atoms with E-state index in [1.807, 2.05) is 7.05 Å². The van der Waals surface area contributed by atoms with Gasteiger partial charge in [0.25, 0.3) is 0 Å². The van der Waals surface area contributed by atoms with Crippen molar-refractivity contribution in [3.05, 3.63) is 0 Å². The Bertz CT molecular complexity index is 284. The van der Waals surface area contributed by atoms with Crippen LogP contribution in [0.2, 0.25) is 0 Å². The average molecular weight is 298 g/mol. The predicted molar refractivity (Wildman–Crippen MR) is 90.0 cm³/mol. The Kier molecular flexibility index (Phi) is 9.42. The molecule has 0 atom stereocenters. The molecule has 0 aromatic heterocycles. The van der Waals surface area contributed by atoms with E-state index in [1.54, 1.807) is 0 Å². The van der Waals surface area contributed by atoms with Gasteiger partial charge in [-0.3, -0.25) is 4.99 Å². The van der Waals surface area contributed by atoms with E-state index in [9.17, 15) is 0 Å². The fraction of sp³-hybridized carbons (Fsp3) is 0.938. The molecule has 0 bridgehead atoms. The number of nitrogens with one attached hydrogen (secondary N) is 1. The summed E-state index contributed by atoms with van der Waals surface area (Å²) >= 11 is 0. The Morgan fingerprint density at radius 1 is 1.24 bits per heavy atom. The predicted octanol–water partition coefficient (Wildman–Crippen LogP) is 1.79. The Balaban J connectivity index is 2.23. The van der Waals surface area contributed by atoms with Gasteiger partial charge in [-0.1, -0.05) is 13.8 Å². The van der Waals surface area contributed by atoms with Crippen molar-refractivity contribution < 1.29 is 4.74 Å². The molecular formula is C16H34N4O. The van der Waals surface area contributed by atoms with Crippen LogP contribution in [0.1, 0.15) is 40.0 Å². The number of hydrogen-bond donors (Lipinski definition) is 1. The third-order valence-corrected chi connectivity index (χ3v) is 4.18. The number of piperidine rings is 1. The zero-order chi connectivity index (χ0) is 15.5. The van der Waals surface area contributed by atoms with E-state index in [1.165, 1.54) is 0 Å². The van der Waals surface area contributed by atoms with Crippen molar-refractivity contribution in [2.24, 2.45) is 4.99 Å². The second kappa shape index (κ2) is 10.9. The van der Waals surface area contributed by atoms with Crippen LogP contribution in [0, 0.1) is 0 Å². The minimum absolute atomic E-state index is 0.437. The van der Waals surface area contributed by atoms with Crippen LogP contribution >= 0.6 is 0 Å². The molecule has 0 amide bonds. The Labute approximate surface area is 130 Å². The third-order valence-electron chi connectivity index (χ3n) is 4.18. The lowest BCUT2D eigenvalue weighted by atomic mass is 10.1. The van der Waals surface area contributed by atoms with E-state index in [2.05, 4.69) is 40.9 Å². The van der Waals surface area contributed by atoms with Gasteiger partial charge in [0.05, 0.1) is 6.10 Å². The first-order valence-electron chi connectivity index (χ1n) is 8.54. The monoisotopic (exact) mass is 298 g/mol. The minimum Gasteiger partial charge on any atom is -0.378 e. The fourth-order valence-corrected chi connectivity index (χ4v) is 2.84. The molecule has 1 heterocycles. The summed E-state index contributed by atoms with van der Waals surface area (Å²) in [6.45, 7) is 13.8. The van der Waals surface area contributed by atoms with Crippen LogP contribution in [0.4, 0.5) is 0 Å². The summed E-state index contributed by atoms with van der Waals surface area (Å²) in [7, 11) is 1.88. The summed E-state index contributed by atoms with van der Waals surface area (Å²) in [5.74, 6) is 1.05. The van der Waals surface area contributed by atoms with E-state index >= 15 is 0 Å². The summed E-state index contributed by atoms with van der Waals surface area (Å²) in [4.78, 5) is 9.23. The van der Waals surface area contributed by atoms with Gasteiger partial charge in [-0.2, -0.15) is 0 Å². The molecule has 1 N–H and O–H groups in total. The Morgan fingerprint density at radius 2 is 1.90 bits per heavy atom. The van der Waals surface area contributed by atoms with Gasteiger partial charge in [0.15, 0.2) is 5.96 Å². The normalized spacial score (nSPS) is 17.6. The maximum Gasteiger partial charge on any atom is 0.193 e. The van der Waals surface area contributed by atoms with Crippen molar-refractivity contribution in [3.63, 3.8) is 0 Å². The lowest BCUT2D eigenvalue weighted by Gasteiger charge is -2.34. The van der Waals surface area contributed by atoms with E-state index in [0.717, 1.165) is 71.1 Å². The largest absolute Gasteiger partial charge is 0.378 e. The molecule has 0 spiro atoms. The molecular weight excluding hydrogens is 264 g/mol. The molecule has 0 radical (unpaired) electrons. The van der Waals surface area contributed by atoms with E-state index < -0.39 is 0 Å². The second-order valence-corrected chi connectivity index (χ2v) is 5.50. The van der Waals surface area contributed by atoms with E-state index in [4.69, 9.17) is 4.74 Å². The smallest absolute Gasteiger partial charge is 0.193 e. The van der Waals surface area contributed by atoms with Crippen molar-refractivity contribution >= 4 is 5.96 Å². The minimum atomic E-state index is 0.437. The van der Waals surface area contributed by atoms with Crippen LogP contribution < -0.4 is 5.32 Å². The van der Waals surface area contributed by atoms with Crippen LogP contribution in [0.5, 0.6) is 0 Å². The molecule has 124 valence electrons. The number of rotatable bonds is 8. The Morgan fingerprint density at radius 3 is 2.43 bits per heavy atom. The van der Waals surface area contributed by atoms with Crippen LogP contribution in [0.3, 0.4) is 0 Å². The molecule has 0 aliphatic carbocycles. The van der Waals surface area contributed by atoms with Crippen molar-refractivity contribution in [1.29, 1.82) is 0 Å². The lowest BCUT2D eigenvalue weighted by Crippen LogP contribution is -2.47. The number of hydrogen-bond acceptors (Lipinski definition) is 3. The standard InChI is InChI=1S/C16H34N4O/c1-5-19(6-2)12-8-11-18-16(17-4)20-13-9-15(10-14-20)21-7-3/h15H,5-14H2,1-4H3,(H,17,18). The fourth-order valence-electron chi connectivity index (χ4n) is 2.84. The highest BCUT2D eigenvalue weighted by molar-refractivity contribution is 5.79. The van der Waals surface area contributed by atoms with Gasteiger partial charge in [-0.15, -0.1) is 0 Å². The third kappa shape index (κ3) is 6.66. The molecule has 5 nitrogen and oxygen atoms in total.